The lowest BCUT2D eigenvalue weighted by Crippen LogP contribution is -2.50. The van der Waals surface area contributed by atoms with Gasteiger partial charge in [0.05, 0.1) is 0 Å². The first kappa shape index (κ1) is 10.6. The van der Waals surface area contributed by atoms with Gasteiger partial charge in [-0.25, -0.2) is 4.79 Å². The van der Waals surface area contributed by atoms with Crippen molar-refractivity contribution in [2.45, 2.75) is 31.3 Å². The summed E-state index contributed by atoms with van der Waals surface area (Å²) >= 11 is 0. The third-order valence-electron chi connectivity index (χ3n) is 3.33. The summed E-state index contributed by atoms with van der Waals surface area (Å²) in [4.78, 5) is 13.9. The van der Waals surface area contributed by atoms with E-state index >= 15 is 0 Å². The molecule has 90 valence electrons. The lowest BCUT2D eigenvalue weighted by Gasteiger charge is -2.33. The molecule has 1 atom stereocenters. The number of rotatable bonds is 1. The maximum absolute atomic E-state index is 12.1. The molecule has 1 aromatic rings. The van der Waals surface area contributed by atoms with Crippen molar-refractivity contribution in [3.8, 4) is 0 Å². The largest absolute Gasteiger partial charge is 0.335 e. The number of nitrogens with two attached hydrogens (primary N) is 1. The van der Waals surface area contributed by atoms with E-state index in [2.05, 4.69) is 5.32 Å². The van der Waals surface area contributed by atoms with Crippen LogP contribution < -0.4 is 16.0 Å². The number of para-hydroxylation sites is 1. The number of hydrogen-bond acceptors (Lipinski definition) is 2. The Morgan fingerprint density at radius 3 is 2.88 bits per heavy atom. The SMILES string of the molecule is NC1Cc2ccccc2N(C(=O)NC2CC2)C1. The summed E-state index contributed by atoms with van der Waals surface area (Å²) in [7, 11) is 0. The van der Waals surface area contributed by atoms with Gasteiger partial charge in [-0.3, -0.25) is 4.90 Å². The highest BCUT2D eigenvalue weighted by Crippen LogP contribution is 2.27. The topological polar surface area (TPSA) is 58.4 Å². The highest BCUT2D eigenvalue weighted by atomic mass is 16.2. The fourth-order valence-electron chi connectivity index (χ4n) is 2.30. The van der Waals surface area contributed by atoms with Crippen LogP contribution in [0.5, 0.6) is 0 Å². The molecule has 4 heteroatoms. The third kappa shape index (κ3) is 2.13. The monoisotopic (exact) mass is 231 g/mol. The van der Waals surface area contributed by atoms with Crippen LogP contribution in [0.4, 0.5) is 10.5 Å². The van der Waals surface area contributed by atoms with E-state index in [-0.39, 0.29) is 12.1 Å². The average Bonchev–Trinajstić information content (AvgIpc) is 3.11. The summed E-state index contributed by atoms with van der Waals surface area (Å²) in [6.45, 7) is 0.607. The Bertz CT molecular complexity index is 442. The Hall–Kier alpha value is -1.55. The Labute approximate surface area is 101 Å². The number of anilines is 1. The molecule has 1 fully saturated rings. The number of fused-ring (bicyclic) bond motifs is 1. The minimum atomic E-state index is -0.00454. The fourth-order valence-corrected chi connectivity index (χ4v) is 2.30. The van der Waals surface area contributed by atoms with Gasteiger partial charge >= 0.3 is 6.03 Å². The maximum atomic E-state index is 12.1. The van der Waals surface area contributed by atoms with Crippen molar-refractivity contribution >= 4 is 11.7 Å². The molecule has 1 unspecified atom stereocenters. The van der Waals surface area contributed by atoms with Gasteiger partial charge in [-0.05, 0) is 30.9 Å². The molecule has 1 aliphatic heterocycles. The molecule has 1 aliphatic carbocycles. The van der Waals surface area contributed by atoms with Gasteiger partial charge in [-0.2, -0.15) is 0 Å². The van der Waals surface area contributed by atoms with Gasteiger partial charge in [0.15, 0.2) is 0 Å². The van der Waals surface area contributed by atoms with Gasteiger partial charge in [0.2, 0.25) is 0 Å². The Morgan fingerprint density at radius 1 is 1.35 bits per heavy atom. The number of benzene rings is 1. The highest BCUT2D eigenvalue weighted by Gasteiger charge is 2.30. The number of hydrogen-bond donors (Lipinski definition) is 2. The number of nitrogens with one attached hydrogen (secondary N) is 1. The Balaban J connectivity index is 1.85. The molecule has 0 aromatic heterocycles. The summed E-state index contributed by atoms with van der Waals surface area (Å²) in [5.41, 5.74) is 8.17. The van der Waals surface area contributed by atoms with Crippen LogP contribution in [0.1, 0.15) is 18.4 Å². The van der Waals surface area contributed by atoms with Crippen LogP contribution in [0.15, 0.2) is 24.3 Å². The van der Waals surface area contributed by atoms with Crippen molar-refractivity contribution in [2.24, 2.45) is 5.73 Å². The molecule has 3 rings (SSSR count). The van der Waals surface area contributed by atoms with Gasteiger partial charge in [-0.1, -0.05) is 18.2 Å². The predicted octanol–water partition coefficient (Wildman–Crippen LogP) is 1.25. The molecule has 1 aromatic carbocycles. The molecule has 2 amide bonds. The van der Waals surface area contributed by atoms with Crippen molar-refractivity contribution in [1.82, 2.24) is 5.32 Å². The number of carbonyl (C=O) groups is 1. The highest BCUT2D eigenvalue weighted by molar-refractivity contribution is 5.93. The zero-order valence-electron chi connectivity index (χ0n) is 9.73. The molecule has 0 bridgehead atoms. The quantitative estimate of drug-likeness (QED) is 0.764. The normalized spacial score (nSPS) is 23.1. The van der Waals surface area contributed by atoms with Gasteiger partial charge in [0.25, 0.3) is 0 Å². The Kier molecular flexibility index (Phi) is 2.52. The van der Waals surface area contributed by atoms with E-state index < -0.39 is 0 Å². The number of urea groups is 1. The van der Waals surface area contributed by atoms with Crippen molar-refractivity contribution < 1.29 is 4.79 Å². The molecular formula is C13H17N3O. The van der Waals surface area contributed by atoms with Crippen LogP contribution in [-0.2, 0) is 6.42 Å². The minimum absolute atomic E-state index is 0.00454. The molecule has 2 aliphatic rings. The minimum Gasteiger partial charge on any atom is -0.335 e. The summed E-state index contributed by atoms with van der Waals surface area (Å²) in [5, 5.41) is 3.02. The van der Waals surface area contributed by atoms with Crippen LogP contribution in [-0.4, -0.2) is 24.7 Å². The van der Waals surface area contributed by atoms with Crippen molar-refractivity contribution in [3.05, 3.63) is 29.8 Å². The van der Waals surface area contributed by atoms with E-state index in [1.54, 1.807) is 4.90 Å². The van der Waals surface area contributed by atoms with Crippen LogP contribution >= 0.6 is 0 Å². The summed E-state index contributed by atoms with van der Waals surface area (Å²) in [6, 6.07) is 8.41. The molecule has 1 saturated carbocycles. The zero-order chi connectivity index (χ0) is 11.8. The maximum Gasteiger partial charge on any atom is 0.322 e. The van der Waals surface area contributed by atoms with E-state index in [9.17, 15) is 4.79 Å². The van der Waals surface area contributed by atoms with E-state index in [0.29, 0.717) is 12.6 Å². The molecule has 0 saturated heterocycles. The summed E-state index contributed by atoms with van der Waals surface area (Å²) < 4.78 is 0. The summed E-state index contributed by atoms with van der Waals surface area (Å²) in [5.74, 6) is 0. The molecule has 0 radical (unpaired) electrons. The molecule has 3 N–H and O–H groups in total. The Morgan fingerprint density at radius 2 is 2.12 bits per heavy atom. The lowest BCUT2D eigenvalue weighted by molar-refractivity contribution is 0.245. The van der Waals surface area contributed by atoms with E-state index in [0.717, 1.165) is 30.5 Å². The zero-order valence-corrected chi connectivity index (χ0v) is 9.73. The second-order valence-electron chi connectivity index (χ2n) is 4.93. The number of amides is 2. The van der Waals surface area contributed by atoms with E-state index in [4.69, 9.17) is 5.73 Å². The molecule has 0 spiro atoms. The second kappa shape index (κ2) is 4.04. The first-order chi connectivity index (χ1) is 8.24. The molecular weight excluding hydrogens is 214 g/mol. The van der Waals surface area contributed by atoms with Crippen molar-refractivity contribution in [1.29, 1.82) is 0 Å². The average molecular weight is 231 g/mol. The lowest BCUT2D eigenvalue weighted by atomic mass is 9.99. The van der Waals surface area contributed by atoms with Crippen LogP contribution in [0.25, 0.3) is 0 Å². The molecule has 4 nitrogen and oxygen atoms in total. The fraction of sp³-hybridized carbons (Fsp3) is 0.462. The van der Waals surface area contributed by atoms with Crippen molar-refractivity contribution in [3.63, 3.8) is 0 Å². The molecule has 17 heavy (non-hydrogen) atoms. The van der Waals surface area contributed by atoms with Crippen LogP contribution in [0.3, 0.4) is 0 Å². The number of nitrogens with zero attached hydrogens (tertiary/aromatic N) is 1. The van der Waals surface area contributed by atoms with E-state index in [1.165, 1.54) is 0 Å². The first-order valence-corrected chi connectivity index (χ1v) is 6.15. The first-order valence-electron chi connectivity index (χ1n) is 6.15. The number of carbonyl (C=O) groups excluding carboxylic acids is 1. The van der Waals surface area contributed by atoms with E-state index in [1.807, 2.05) is 24.3 Å². The third-order valence-corrected chi connectivity index (χ3v) is 3.33. The molecule has 1 heterocycles. The second-order valence-corrected chi connectivity index (χ2v) is 4.93. The van der Waals surface area contributed by atoms with Gasteiger partial charge in [0.1, 0.15) is 0 Å². The smallest absolute Gasteiger partial charge is 0.322 e. The van der Waals surface area contributed by atoms with Crippen LogP contribution in [0, 0.1) is 0 Å². The summed E-state index contributed by atoms with van der Waals surface area (Å²) in [6.07, 6.45) is 3.06. The van der Waals surface area contributed by atoms with Crippen molar-refractivity contribution in [2.75, 3.05) is 11.4 Å². The van der Waals surface area contributed by atoms with Gasteiger partial charge in [0, 0.05) is 24.3 Å². The van der Waals surface area contributed by atoms with Crippen LogP contribution in [0.2, 0.25) is 0 Å². The predicted molar refractivity (Wildman–Crippen MR) is 67.0 cm³/mol. The standard InChI is InChI=1S/C13H17N3O/c14-10-7-9-3-1-2-4-12(9)16(8-10)13(17)15-11-5-6-11/h1-4,10-11H,5-8,14H2,(H,15,17). The van der Waals surface area contributed by atoms with Gasteiger partial charge < -0.3 is 11.1 Å². The van der Waals surface area contributed by atoms with Gasteiger partial charge in [-0.15, -0.1) is 0 Å².